The van der Waals surface area contributed by atoms with E-state index in [1.807, 2.05) is 0 Å². The van der Waals surface area contributed by atoms with E-state index in [0.717, 1.165) is 93.9 Å². The van der Waals surface area contributed by atoms with Gasteiger partial charge < -0.3 is 33.9 Å². The van der Waals surface area contributed by atoms with Crippen LogP contribution >= 0.6 is 0 Å². The molecule has 67 heavy (non-hydrogen) atoms. The minimum atomic E-state index is -1.53. The number of allylic oxidation sites excluding steroid dienone is 4. The van der Waals surface area contributed by atoms with Crippen molar-refractivity contribution >= 4 is 23.9 Å². The molecule has 1 aliphatic rings. The molecule has 0 spiro atoms. The number of aliphatic hydroxyl groups is 2. The molecule has 0 saturated carbocycles. The number of ether oxygens (including phenoxy) is 5. The molecule has 382 valence electrons. The lowest BCUT2D eigenvalue weighted by Gasteiger charge is -2.22. The summed E-state index contributed by atoms with van der Waals surface area (Å²) < 4.78 is 28.2. The van der Waals surface area contributed by atoms with Crippen molar-refractivity contribution in [3.8, 4) is 0 Å². The summed E-state index contributed by atoms with van der Waals surface area (Å²) in [6, 6.07) is 1.04. The molecule has 1 saturated heterocycles. The Morgan fingerprint density at radius 3 is 1.51 bits per heavy atom. The van der Waals surface area contributed by atoms with Gasteiger partial charge in [-0.2, -0.15) is 0 Å². The lowest BCUT2D eigenvalue weighted by Crippen LogP contribution is -2.40. The molecule has 2 heterocycles. The number of aromatic amines is 1. The van der Waals surface area contributed by atoms with E-state index in [4.69, 9.17) is 23.7 Å². The van der Waals surface area contributed by atoms with Crippen LogP contribution in [0.1, 0.15) is 213 Å². The summed E-state index contributed by atoms with van der Waals surface area (Å²) >= 11 is 0. The smallest absolute Gasteiger partial charge is 0.330 e. The van der Waals surface area contributed by atoms with Crippen molar-refractivity contribution < 1.29 is 53.1 Å². The average Bonchev–Trinajstić information content (AvgIpc) is 3.62. The van der Waals surface area contributed by atoms with Crippen LogP contribution < -0.4 is 11.2 Å². The van der Waals surface area contributed by atoms with Crippen molar-refractivity contribution in [1.29, 1.82) is 0 Å². The fourth-order valence-electron chi connectivity index (χ4n) is 7.82. The first kappa shape index (κ1) is 59.0. The van der Waals surface area contributed by atoms with E-state index in [2.05, 4.69) is 43.1 Å². The van der Waals surface area contributed by atoms with E-state index in [-0.39, 0.29) is 26.1 Å². The normalized spacial score (nSPS) is 17.1. The zero-order chi connectivity index (χ0) is 48.7. The molecule has 3 N–H and O–H groups in total. The largest absolute Gasteiger partial charge is 0.462 e. The third-order valence-corrected chi connectivity index (χ3v) is 11.9. The number of esters is 4. The van der Waals surface area contributed by atoms with Crippen molar-refractivity contribution in [3.05, 3.63) is 57.4 Å². The number of nitrogens with one attached hydrogen (secondary N) is 1. The Hall–Kier alpha value is -4.08. The highest BCUT2D eigenvalue weighted by molar-refractivity contribution is 5.78. The van der Waals surface area contributed by atoms with Gasteiger partial charge in [-0.05, 0) is 64.2 Å². The van der Waals surface area contributed by atoms with Gasteiger partial charge in [0.1, 0.15) is 25.4 Å². The van der Waals surface area contributed by atoms with E-state index in [0.29, 0.717) is 12.8 Å². The number of rotatable bonds is 41. The second-order valence-corrected chi connectivity index (χ2v) is 17.9. The van der Waals surface area contributed by atoms with Crippen LogP contribution in [0, 0.1) is 0 Å². The van der Waals surface area contributed by atoms with Gasteiger partial charge >= 0.3 is 29.6 Å². The minimum Gasteiger partial charge on any atom is -0.462 e. The summed E-state index contributed by atoms with van der Waals surface area (Å²) in [5, 5.41) is 20.3. The first-order valence-electron chi connectivity index (χ1n) is 25.9. The Morgan fingerprint density at radius 1 is 0.627 bits per heavy atom. The molecule has 1 aliphatic heterocycles. The van der Waals surface area contributed by atoms with Gasteiger partial charge in [0.05, 0.1) is 19.4 Å². The van der Waals surface area contributed by atoms with Gasteiger partial charge in [-0.15, -0.1) is 0 Å². The standard InChI is InChI=1S/C52H86N2O13/c1-3-5-7-9-11-13-15-17-19-21-23-25-27-29-31-33-45(57)63-40-42(41-64-46(58)34-32-30-28-26-24-22-20-18-16-14-12-10-8-6-4-2)65-47(59)35-36-48(60)67-50-49(61)43(39-55)66-51(50)54-38-37-44(56)53-52(54)62/h17-20,37-38,42-43,49-51,55,61H,3-16,21-36,39-41H2,1-2H3,(H,53,56,62)/b19-17-,20-18-/t43-,49-,50+,51-/m1/s1. The summed E-state index contributed by atoms with van der Waals surface area (Å²) in [5.41, 5.74) is -1.56. The molecule has 0 amide bonds. The predicted molar refractivity (Wildman–Crippen MR) is 258 cm³/mol. The fraction of sp³-hybridized carbons (Fsp3) is 0.769. The molecular weight excluding hydrogens is 861 g/mol. The number of unbranched alkanes of at least 4 members (excludes halogenated alkanes) is 22. The third kappa shape index (κ3) is 28.8. The molecule has 1 fully saturated rings. The van der Waals surface area contributed by atoms with Crippen molar-refractivity contribution in [3.63, 3.8) is 0 Å². The zero-order valence-electron chi connectivity index (χ0n) is 41.0. The molecule has 0 aromatic carbocycles. The van der Waals surface area contributed by atoms with Crippen LogP contribution in [-0.2, 0) is 42.9 Å². The van der Waals surface area contributed by atoms with Gasteiger partial charge in [-0.25, -0.2) is 4.79 Å². The maximum atomic E-state index is 13.0. The first-order valence-corrected chi connectivity index (χ1v) is 25.9. The summed E-state index contributed by atoms with van der Waals surface area (Å²) in [5.74, 6) is -2.72. The lowest BCUT2D eigenvalue weighted by molar-refractivity contribution is -0.168. The number of H-pyrrole nitrogens is 1. The highest BCUT2D eigenvalue weighted by Gasteiger charge is 2.47. The molecule has 4 atom stereocenters. The molecule has 0 aliphatic carbocycles. The number of aliphatic hydroxyl groups excluding tert-OH is 2. The van der Waals surface area contributed by atoms with Crippen molar-refractivity contribution in [2.45, 2.75) is 237 Å². The topological polar surface area (TPSA) is 210 Å². The number of carbonyl (C=O) groups is 4. The summed E-state index contributed by atoms with van der Waals surface area (Å²) in [6.07, 6.45) is 32.5. The van der Waals surface area contributed by atoms with Crippen LogP contribution in [0.4, 0.5) is 0 Å². The van der Waals surface area contributed by atoms with E-state index >= 15 is 0 Å². The maximum Gasteiger partial charge on any atom is 0.330 e. The van der Waals surface area contributed by atoms with Crippen LogP contribution in [0.5, 0.6) is 0 Å². The van der Waals surface area contributed by atoms with Gasteiger partial charge in [-0.1, -0.05) is 141 Å². The van der Waals surface area contributed by atoms with Crippen LogP contribution in [0.15, 0.2) is 46.2 Å². The van der Waals surface area contributed by atoms with E-state index in [9.17, 15) is 39.0 Å². The summed E-state index contributed by atoms with van der Waals surface area (Å²) in [7, 11) is 0. The monoisotopic (exact) mass is 947 g/mol. The average molecular weight is 947 g/mol. The number of aromatic nitrogens is 2. The third-order valence-electron chi connectivity index (χ3n) is 11.9. The van der Waals surface area contributed by atoms with Gasteiger partial charge in [-0.3, -0.25) is 33.5 Å². The summed E-state index contributed by atoms with van der Waals surface area (Å²) in [4.78, 5) is 77.2. The number of hydrogen-bond donors (Lipinski definition) is 3. The predicted octanol–water partition coefficient (Wildman–Crippen LogP) is 9.55. The van der Waals surface area contributed by atoms with Gasteiger partial charge in [0, 0.05) is 25.1 Å². The highest BCUT2D eigenvalue weighted by Crippen LogP contribution is 2.31. The van der Waals surface area contributed by atoms with Crippen LogP contribution in [0.3, 0.4) is 0 Å². The minimum absolute atomic E-state index is 0.194. The van der Waals surface area contributed by atoms with Crippen LogP contribution in [0.2, 0.25) is 0 Å². The second-order valence-electron chi connectivity index (χ2n) is 17.9. The van der Waals surface area contributed by atoms with Crippen molar-refractivity contribution in [1.82, 2.24) is 9.55 Å². The Bertz CT molecular complexity index is 1600. The number of carbonyl (C=O) groups excluding carboxylic acids is 4. The molecule has 0 radical (unpaired) electrons. The molecule has 15 heteroatoms. The van der Waals surface area contributed by atoms with E-state index < -0.39 is 85.2 Å². The van der Waals surface area contributed by atoms with Gasteiger partial charge in [0.15, 0.2) is 18.4 Å². The summed E-state index contributed by atoms with van der Waals surface area (Å²) in [6.45, 7) is 3.13. The Balaban J connectivity index is 1.78. The van der Waals surface area contributed by atoms with Gasteiger partial charge in [0.2, 0.25) is 0 Å². The highest BCUT2D eigenvalue weighted by atomic mass is 16.6. The molecule has 2 rings (SSSR count). The Labute approximate surface area is 399 Å². The van der Waals surface area contributed by atoms with E-state index in [1.54, 1.807) is 0 Å². The molecule has 1 aromatic rings. The molecular formula is C52H86N2O13. The molecule has 1 aromatic heterocycles. The Kier molecular flexibility index (Phi) is 34.2. The maximum absolute atomic E-state index is 13.0. The van der Waals surface area contributed by atoms with Crippen molar-refractivity contribution in [2.75, 3.05) is 19.8 Å². The quantitative estimate of drug-likeness (QED) is 0.0242. The SMILES string of the molecule is CCCCCCCC/C=C\CCCCCCCC(=O)OCC(COC(=O)CCCCCCC/C=C\CCCCCCCC)OC(=O)CCC(=O)O[C@H]1[C@H](O)[C@@H](CO)O[C@H]1n1ccc(=O)[nH]c1=O. The van der Waals surface area contributed by atoms with Crippen LogP contribution in [0.25, 0.3) is 0 Å². The lowest BCUT2D eigenvalue weighted by atomic mass is 10.1. The zero-order valence-corrected chi connectivity index (χ0v) is 41.0. The number of nitrogens with zero attached hydrogens (tertiary/aromatic N) is 1. The van der Waals surface area contributed by atoms with Crippen molar-refractivity contribution in [2.24, 2.45) is 0 Å². The number of hydrogen-bond acceptors (Lipinski definition) is 13. The first-order chi connectivity index (χ1) is 32.6. The second kappa shape index (κ2) is 38.8. The molecule has 0 unspecified atom stereocenters. The van der Waals surface area contributed by atoms with E-state index in [1.165, 1.54) is 77.0 Å². The fourth-order valence-corrected chi connectivity index (χ4v) is 7.82. The van der Waals surface area contributed by atoms with Gasteiger partial charge in [0.25, 0.3) is 5.56 Å². The molecule has 0 bridgehead atoms. The molecule has 15 nitrogen and oxygen atoms in total. The van der Waals surface area contributed by atoms with Crippen LogP contribution in [-0.4, -0.2) is 87.9 Å². The Morgan fingerprint density at radius 2 is 1.06 bits per heavy atom.